The molecule has 1 unspecified atom stereocenters. The molecule has 0 aliphatic carbocycles. The van der Waals surface area contributed by atoms with E-state index in [1.165, 1.54) is 4.90 Å². The standard InChI is InChI=1S/C11H21N3O4/c1-3-13(2)5-4-12-11(18)14-7-8(15)6-9(14)10(16)17/h8-9,15H,3-7H2,1-2H3,(H,12,18)(H,16,17)/t8?,9-/m0/s1. The van der Waals surface area contributed by atoms with Gasteiger partial charge in [0.05, 0.1) is 6.10 Å². The molecular formula is C11H21N3O4. The largest absolute Gasteiger partial charge is 0.480 e. The molecular weight excluding hydrogens is 238 g/mol. The third-order valence-electron chi connectivity index (χ3n) is 3.13. The predicted octanol–water partition coefficient (Wildman–Crippen LogP) is -0.832. The number of carbonyl (C=O) groups excluding carboxylic acids is 1. The summed E-state index contributed by atoms with van der Waals surface area (Å²) in [4.78, 5) is 26.0. The van der Waals surface area contributed by atoms with Crippen LogP contribution in [0.2, 0.25) is 0 Å². The van der Waals surface area contributed by atoms with Crippen LogP contribution in [0.15, 0.2) is 0 Å². The number of aliphatic hydroxyl groups is 1. The summed E-state index contributed by atoms with van der Waals surface area (Å²) in [5.74, 6) is -1.08. The fourth-order valence-corrected chi connectivity index (χ4v) is 1.89. The van der Waals surface area contributed by atoms with E-state index in [1.807, 2.05) is 18.9 Å². The van der Waals surface area contributed by atoms with Crippen molar-refractivity contribution in [3.05, 3.63) is 0 Å². The maximum Gasteiger partial charge on any atom is 0.326 e. The molecule has 0 aromatic carbocycles. The van der Waals surface area contributed by atoms with Crippen LogP contribution < -0.4 is 5.32 Å². The monoisotopic (exact) mass is 259 g/mol. The second kappa shape index (κ2) is 6.55. The quantitative estimate of drug-likeness (QED) is 0.599. The maximum atomic E-state index is 11.8. The maximum absolute atomic E-state index is 11.8. The summed E-state index contributed by atoms with van der Waals surface area (Å²) < 4.78 is 0. The van der Waals surface area contributed by atoms with Crippen molar-refractivity contribution < 1.29 is 19.8 Å². The van der Waals surface area contributed by atoms with Crippen molar-refractivity contribution in [2.24, 2.45) is 0 Å². The summed E-state index contributed by atoms with van der Waals surface area (Å²) in [5, 5.41) is 21.1. The van der Waals surface area contributed by atoms with Gasteiger partial charge < -0.3 is 25.3 Å². The number of rotatable bonds is 5. The Morgan fingerprint density at radius 2 is 2.17 bits per heavy atom. The summed E-state index contributed by atoms with van der Waals surface area (Å²) in [6, 6.07) is -1.35. The molecule has 7 heteroatoms. The Morgan fingerprint density at radius 1 is 1.50 bits per heavy atom. The van der Waals surface area contributed by atoms with Crippen LogP contribution in [0, 0.1) is 0 Å². The van der Waals surface area contributed by atoms with Crippen molar-refractivity contribution in [3.8, 4) is 0 Å². The van der Waals surface area contributed by atoms with Gasteiger partial charge in [-0.25, -0.2) is 9.59 Å². The molecule has 1 rings (SSSR count). The molecule has 1 fully saturated rings. The van der Waals surface area contributed by atoms with Gasteiger partial charge in [0.2, 0.25) is 0 Å². The van der Waals surface area contributed by atoms with E-state index < -0.39 is 24.1 Å². The SMILES string of the molecule is CCN(C)CCNC(=O)N1CC(O)C[C@H]1C(=O)O. The number of nitrogens with one attached hydrogen (secondary N) is 1. The number of amides is 2. The van der Waals surface area contributed by atoms with Crippen LogP contribution in [-0.4, -0.2) is 77.4 Å². The first-order valence-electron chi connectivity index (χ1n) is 6.09. The Morgan fingerprint density at radius 3 is 2.72 bits per heavy atom. The van der Waals surface area contributed by atoms with E-state index in [4.69, 9.17) is 5.11 Å². The molecule has 1 aliphatic heterocycles. The number of hydrogen-bond acceptors (Lipinski definition) is 4. The molecule has 2 atom stereocenters. The van der Waals surface area contributed by atoms with Crippen LogP contribution >= 0.6 is 0 Å². The molecule has 0 aromatic heterocycles. The highest BCUT2D eigenvalue weighted by molar-refractivity contribution is 5.83. The Hall–Kier alpha value is -1.34. The molecule has 18 heavy (non-hydrogen) atoms. The van der Waals surface area contributed by atoms with E-state index in [-0.39, 0.29) is 13.0 Å². The van der Waals surface area contributed by atoms with Crippen LogP contribution in [0.4, 0.5) is 4.79 Å². The number of carboxylic acid groups (broad SMARTS) is 1. The van der Waals surface area contributed by atoms with Crippen LogP contribution in [0.25, 0.3) is 0 Å². The summed E-state index contributed by atoms with van der Waals surface area (Å²) >= 11 is 0. The summed E-state index contributed by atoms with van der Waals surface area (Å²) in [5.41, 5.74) is 0. The number of aliphatic hydroxyl groups excluding tert-OH is 1. The molecule has 1 saturated heterocycles. The molecule has 2 amide bonds. The van der Waals surface area contributed by atoms with Gasteiger partial charge in [-0.3, -0.25) is 0 Å². The van der Waals surface area contributed by atoms with E-state index in [0.29, 0.717) is 13.1 Å². The lowest BCUT2D eigenvalue weighted by molar-refractivity contribution is -0.141. The van der Waals surface area contributed by atoms with Gasteiger partial charge in [-0.15, -0.1) is 0 Å². The molecule has 0 aromatic rings. The second-order valence-corrected chi connectivity index (χ2v) is 4.52. The first-order valence-corrected chi connectivity index (χ1v) is 6.09. The van der Waals surface area contributed by atoms with Crippen molar-refractivity contribution in [2.75, 3.05) is 33.2 Å². The Balaban J connectivity index is 2.43. The number of nitrogens with zero attached hydrogens (tertiary/aromatic N) is 2. The molecule has 0 radical (unpaired) electrons. The van der Waals surface area contributed by atoms with Crippen molar-refractivity contribution in [2.45, 2.75) is 25.5 Å². The number of aliphatic carboxylic acids is 1. The van der Waals surface area contributed by atoms with E-state index in [9.17, 15) is 14.7 Å². The van der Waals surface area contributed by atoms with Crippen molar-refractivity contribution in [3.63, 3.8) is 0 Å². The number of likely N-dealkylation sites (tertiary alicyclic amines) is 1. The smallest absolute Gasteiger partial charge is 0.326 e. The van der Waals surface area contributed by atoms with Crippen LogP contribution in [-0.2, 0) is 4.79 Å². The third kappa shape index (κ3) is 3.85. The zero-order valence-electron chi connectivity index (χ0n) is 10.8. The second-order valence-electron chi connectivity index (χ2n) is 4.52. The molecule has 0 bridgehead atoms. The average molecular weight is 259 g/mol. The Labute approximate surface area is 106 Å². The van der Waals surface area contributed by atoms with E-state index in [0.717, 1.165) is 6.54 Å². The molecule has 104 valence electrons. The number of carbonyl (C=O) groups is 2. The zero-order valence-corrected chi connectivity index (χ0v) is 10.8. The van der Waals surface area contributed by atoms with Gasteiger partial charge in [-0.2, -0.15) is 0 Å². The molecule has 0 saturated carbocycles. The van der Waals surface area contributed by atoms with Crippen LogP contribution in [0.5, 0.6) is 0 Å². The first kappa shape index (κ1) is 14.7. The molecule has 1 heterocycles. The molecule has 1 aliphatic rings. The van der Waals surface area contributed by atoms with Gasteiger partial charge in [-0.1, -0.05) is 6.92 Å². The minimum Gasteiger partial charge on any atom is -0.480 e. The van der Waals surface area contributed by atoms with Gasteiger partial charge >= 0.3 is 12.0 Å². The van der Waals surface area contributed by atoms with Gasteiger partial charge in [0, 0.05) is 26.1 Å². The van der Waals surface area contributed by atoms with Crippen molar-refractivity contribution >= 4 is 12.0 Å². The van der Waals surface area contributed by atoms with Gasteiger partial charge in [0.1, 0.15) is 6.04 Å². The lowest BCUT2D eigenvalue weighted by Gasteiger charge is -2.22. The Bertz CT molecular complexity index is 311. The van der Waals surface area contributed by atoms with E-state index in [2.05, 4.69) is 5.32 Å². The summed E-state index contributed by atoms with van der Waals surface area (Å²) in [6.07, 6.45) is -0.660. The van der Waals surface area contributed by atoms with E-state index in [1.54, 1.807) is 0 Å². The van der Waals surface area contributed by atoms with Crippen LogP contribution in [0.1, 0.15) is 13.3 Å². The third-order valence-corrected chi connectivity index (χ3v) is 3.13. The van der Waals surface area contributed by atoms with Gasteiger partial charge in [0.25, 0.3) is 0 Å². The number of carboxylic acids is 1. The van der Waals surface area contributed by atoms with Crippen molar-refractivity contribution in [1.29, 1.82) is 0 Å². The number of likely N-dealkylation sites (N-methyl/N-ethyl adjacent to an activating group) is 1. The topological polar surface area (TPSA) is 93.1 Å². The highest BCUT2D eigenvalue weighted by atomic mass is 16.4. The highest BCUT2D eigenvalue weighted by Gasteiger charge is 2.38. The lowest BCUT2D eigenvalue weighted by Crippen LogP contribution is -2.47. The minimum absolute atomic E-state index is 0.0758. The van der Waals surface area contributed by atoms with Crippen LogP contribution in [0.3, 0.4) is 0 Å². The minimum atomic E-state index is -1.08. The zero-order chi connectivity index (χ0) is 13.7. The highest BCUT2D eigenvalue weighted by Crippen LogP contribution is 2.17. The summed E-state index contributed by atoms with van der Waals surface area (Å²) in [6.45, 7) is 4.14. The number of urea groups is 1. The fraction of sp³-hybridized carbons (Fsp3) is 0.818. The molecule has 3 N–H and O–H groups in total. The molecule has 7 nitrogen and oxygen atoms in total. The normalized spacial score (nSPS) is 23.4. The lowest BCUT2D eigenvalue weighted by atomic mass is 10.2. The number of β-amino-alcohol motifs (C(OH)–C–C–N with tert-alkyl or cyclic N) is 1. The average Bonchev–Trinajstić information content (AvgIpc) is 2.71. The molecule has 0 spiro atoms. The van der Waals surface area contributed by atoms with Gasteiger partial charge in [0.15, 0.2) is 0 Å². The van der Waals surface area contributed by atoms with Crippen molar-refractivity contribution in [1.82, 2.24) is 15.1 Å². The summed E-state index contributed by atoms with van der Waals surface area (Å²) in [7, 11) is 1.94. The van der Waals surface area contributed by atoms with Gasteiger partial charge in [-0.05, 0) is 13.6 Å². The fourth-order valence-electron chi connectivity index (χ4n) is 1.89. The predicted molar refractivity (Wildman–Crippen MR) is 65.3 cm³/mol. The first-order chi connectivity index (χ1) is 8.45. The number of hydrogen-bond donors (Lipinski definition) is 3. The Kier molecular flexibility index (Phi) is 5.36. The van der Waals surface area contributed by atoms with E-state index >= 15 is 0 Å².